The van der Waals surface area contributed by atoms with Crippen molar-refractivity contribution in [2.75, 3.05) is 11.4 Å². The number of hydrogen-bond acceptors (Lipinski definition) is 2. The van der Waals surface area contributed by atoms with Gasteiger partial charge < -0.3 is 0 Å². The van der Waals surface area contributed by atoms with E-state index >= 15 is 0 Å². The molecule has 1 amide bonds. The number of benzene rings is 2. The molecule has 2 aromatic carbocycles. The number of hydrogen-bond donors (Lipinski definition) is 0. The minimum atomic E-state index is -0.266. The van der Waals surface area contributed by atoms with Gasteiger partial charge in [-0.25, -0.2) is 0 Å². The summed E-state index contributed by atoms with van der Waals surface area (Å²) in [5.41, 5.74) is 2.84. The fourth-order valence-electron chi connectivity index (χ4n) is 3.29. The molecule has 3 nitrogen and oxygen atoms in total. The molecule has 0 fully saturated rings. The Labute approximate surface area is 164 Å². The van der Waals surface area contributed by atoms with E-state index in [9.17, 15) is 9.18 Å². The van der Waals surface area contributed by atoms with Gasteiger partial charge in [-0.05, 0) is 0 Å². The molecule has 0 saturated heterocycles. The molecule has 0 spiro atoms. The molecule has 0 saturated carbocycles. The normalized spacial score (nSPS) is 13.3. The molecule has 4 rings (SSSR count). The Bertz CT molecular complexity index is 974. The van der Waals surface area contributed by atoms with Gasteiger partial charge in [0.1, 0.15) is 0 Å². The van der Waals surface area contributed by atoms with E-state index in [0.29, 0.717) is 6.54 Å². The van der Waals surface area contributed by atoms with Gasteiger partial charge in [0.05, 0.1) is 0 Å². The first-order chi connectivity index (χ1) is 13.1. The van der Waals surface area contributed by atoms with Crippen LogP contribution in [0.25, 0.3) is 11.3 Å². The summed E-state index contributed by atoms with van der Waals surface area (Å²) in [6, 6.07) is 19.0. The molecule has 0 radical (unpaired) electrons. The number of nitrogens with zero attached hydrogens (tertiary/aromatic N) is 2. The molecule has 0 atom stereocenters. The Hall–Kier alpha value is -2.49. The van der Waals surface area contributed by atoms with Crippen LogP contribution < -0.4 is 13.8 Å². The summed E-state index contributed by atoms with van der Waals surface area (Å²) in [6.45, 7) is 2.28. The number of halogens is 1. The van der Waals surface area contributed by atoms with Crippen molar-refractivity contribution in [2.24, 2.45) is 0 Å². The second kappa shape index (κ2) is 7.63. The van der Waals surface area contributed by atoms with Crippen molar-refractivity contribution < 1.29 is 9.18 Å². The first kappa shape index (κ1) is 17.9. The molecule has 0 aliphatic carbocycles. The van der Waals surface area contributed by atoms with Crippen LogP contribution in [0.5, 0.6) is 0 Å². The summed E-state index contributed by atoms with van der Waals surface area (Å²) < 4.78 is 15.8. The molecule has 1 aliphatic rings. The van der Waals surface area contributed by atoms with Gasteiger partial charge >= 0.3 is 164 Å². The van der Waals surface area contributed by atoms with Crippen molar-refractivity contribution in [1.29, 1.82) is 0 Å². The number of rotatable bonds is 3. The molecular formula is C22H19FN2OSe. The van der Waals surface area contributed by atoms with Crippen LogP contribution in [0.2, 0.25) is 0 Å². The fraction of sp³-hybridized carbons (Fsp3) is 0.182. The topological polar surface area (TPSA) is 33.2 Å². The van der Waals surface area contributed by atoms with Crippen LogP contribution in [-0.2, 0) is 11.2 Å². The van der Waals surface area contributed by atoms with Gasteiger partial charge in [0.15, 0.2) is 0 Å². The zero-order valence-electron chi connectivity index (χ0n) is 15.0. The third kappa shape index (κ3) is 3.80. The summed E-state index contributed by atoms with van der Waals surface area (Å²) in [5.74, 6) is 0.493. The van der Waals surface area contributed by atoms with E-state index in [1.54, 1.807) is 24.0 Å². The maximum atomic E-state index is 13.4. The van der Waals surface area contributed by atoms with Crippen molar-refractivity contribution in [3.05, 3.63) is 72.0 Å². The maximum absolute atomic E-state index is 13.4. The SMILES string of the molecule is CC(=O)N1CCCc2cc([Se]c3ccccc3)c(-c3ccc(F)cc3)nc21. The summed E-state index contributed by atoms with van der Waals surface area (Å²) in [5, 5.41) is 0. The number of carbonyl (C=O) groups excluding carboxylic acids is 1. The van der Waals surface area contributed by atoms with Crippen molar-refractivity contribution >= 4 is 35.6 Å². The van der Waals surface area contributed by atoms with E-state index < -0.39 is 0 Å². The first-order valence-corrected chi connectivity index (χ1v) is 10.6. The predicted molar refractivity (Wildman–Crippen MR) is 107 cm³/mol. The number of aromatic nitrogens is 1. The molecule has 3 aromatic rings. The van der Waals surface area contributed by atoms with E-state index in [0.717, 1.165) is 39.9 Å². The monoisotopic (exact) mass is 426 g/mol. The molecule has 1 aromatic heterocycles. The van der Waals surface area contributed by atoms with Crippen LogP contribution in [0.3, 0.4) is 0 Å². The zero-order chi connectivity index (χ0) is 18.8. The Balaban J connectivity index is 1.86. The van der Waals surface area contributed by atoms with E-state index in [-0.39, 0.29) is 26.7 Å². The van der Waals surface area contributed by atoms with Crippen LogP contribution in [-0.4, -0.2) is 32.4 Å². The predicted octanol–water partition coefficient (Wildman–Crippen LogP) is 2.84. The Morgan fingerprint density at radius 3 is 2.56 bits per heavy atom. The first-order valence-electron chi connectivity index (χ1n) is 8.92. The van der Waals surface area contributed by atoms with Crippen molar-refractivity contribution in [3.63, 3.8) is 0 Å². The van der Waals surface area contributed by atoms with E-state index in [1.165, 1.54) is 16.6 Å². The summed E-state index contributed by atoms with van der Waals surface area (Å²) in [6.07, 6.45) is 1.87. The second-order valence-electron chi connectivity index (χ2n) is 6.51. The molecule has 1 aliphatic heterocycles. The quantitative estimate of drug-likeness (QED) is 0.605. The number of amides is 1. The molecule has 5 heteroatoms. The van der Waals surface area contributed by atoms with Gasteiger partial charge in [-0.1, -0.05) is 0 Å². The molecule has 0 bridgehead atoms. The van der Waals surface area contributed by atoms with Gasteiger partial charge in [-0.3, -0.25) is 0 Å². The Kier molecular flexibility index (Phi) is 5.06. The number of fused-ring (bicyclic) bond motifs is 1. The van der Waals surface area contributed by atoms with E-state index in [2.05, 4.69) is 18.2 Å². The van der Waals surface area contributed by atoms with Gasteiger partial charge in [0, 0.05) is 0 Å². The van der Waals surface area contributed by atoms with Gasteiger partial charge in [-0.15, -0.1) is 0 Å². The number of carbonyl (C=O) groups is 1. The number of pyridine rings is 1. The van der Waals surface area contributed by atoms with E-state index in [4.69, 9.17) is 4.98 Å². The standard InChI is InChI=1S/C22H19FN2OSe/c1-15(26)25-13-5-6-17-14-20(27-19-7-3-2-4-8-19)21(24-22(17)25)16-9-11-18(23)12-10-16/h2-4,7-12,14H,5-6,13H2,1H3. The van der Waals surface area contributed by atoms with Crippen LogP contribution in [0.15, 0.2) is 60.7 Å². The average molecular weight is 425 g/mol. The van der Waals surface area contributed by atoms with Gasteiger partial charge in [0.2, 0.25) is 0 Å². The Morgan fingerprint density at radius 1 is 1.11 bits per heavy atom. The van der Waals surface area contributed by atoms with Crippen LogP contribution >= 0.6 is 0 Å². The van der Waals surface area contributed by atoms with Crippen molar-refractivity contribution in [1.82, 2.24) is 4.98 Å². The van der Waals surface area contributed by atoms with Crippen LogP contribution in [0.1, 0.15) is 18.9 Å². The number of anilines is 1. The molecule has 27 heavy (non-hydrogen) atoms. The second-order valence-corrected chi connectivity index (χ2v) is 8.85. The van der Waals surface area contributed by atoms with Gasteiger partial charge in [0.25, 0.3) is 0 Å². The summed E-state index contributed by atoms with van der Waals surface area (Å²) in [7, 11) is 0. The average Bonchev–Trinajstić information content (AvgIpc) is 2.68. The van der Waals surface area contributed by atoms with Crippen LogP contribution in [0.4, 0.5) is 10.2 Å². The fourth-order valence-corrected chi connectivity index (χ4v) is 5.41. The summed E-state index contributed by atoms with van der Waals surface area (Å²) in [4.78, 5) is 18.7. The van der Waals surface area contributed by atoms with Crippen molar-refractivity contribution in [3.8, 4) is 11.3 Å². The number of aryl methyl sites for hydroxylation is 1. The molecular weight excluding hydrogens is 406 g/mol. The minimum absolute atomic E-state index is 0.00910. The van der Waals surface area contributed by atoms with Gasteiger partial charge in [-0.2, -0.15) is 0 Å². The molecule has 0 N–H and O–H groups in total. The van der Waals surface area contributed by atoms with Crippen molar-refractivity contribution in [2.45, 2.75) is 19.8 Å². The zero-order valence-corrected chi connectivity index (χ0v) is 16.7. The third-order valence-electron chi connectivity index (χ3n) is 4.60. The third-order valence-corrected chi connectivity index (χ3v) is 6.78. The van der Waals surface area contributed by atoms with E-state index in [1.807, 2.05) is 18.2 Å². The Morgan fingerprint density at radius 2 is 1.85 bits per heavy atom. The molecule has 2 heterocycles. The molecule has 0 unspecified atom stereocenters. The molecule has 136 valence electrons. The summed E-state index contributed by atoms with van der Waals surface area (Å²) >= 11 is 0.0749. The van der Waals surface area contributed by atoms with Crippen LogP contribution in [0, 0.1) is 5.82 Å².